The number of rotatable bonds is 10. The number of carbonyl (C=O) groups excluding carboxylic acids is 2. The fourth-order valence-corrected chi connectivity index (χ4v) is 4.94. The van der Waals surface area contributed by atoms with Crippen molar-refractivity contribution in [2.24, 2.45) is 0 Å². The van der Waals surface area contributed by atoms with Crippen molar-refractivity contribution in [2.75, 3.05) is 25.0 Å². The van der Waals surface area contributed by atoms with Crippen LogP contribution >= 0.6 is 11.3 Å². The molecule has 3 amide bonds. The van der Waals surface area contributed by atoms with Gasteiger partial charge in [-0.2, -0.15) is 0 Å². The lowest BCUT2D eigenvalue weighted by atomic mass is 10.1. The van der Waals surface area contributed by atoms with Crippen molar-refractivity contribution in [1.82, 2.24) is 9.80 Å². The zero-order valence-corrected chi connectivity index (χ0v) is 21.3. The molecule has 190 valence electrons. The molecule has 2 aromatic carbocycles. The maximum atomic E-state index is 13.6. The summed E-state index contributed by atoms with van der Waals surface area (Å²) in [5, 5.41) is 4.93. The average molecular weight is 510 g/mol. The van der Waals surface area contributed by atoms with E-state index in [1.54, 1.807) is 33.3 Å². The molecule has 1 N–H and O–H groups in total. The molecule has 36 heavy (non-hydrogen) atoms. The van der Waals surface area contributed by atoms with Crippen molar-refractivity contribution < 1.29 is 18.7 Å². The van der Waals surface area contributed by atoms with Crippen LogP contribution in [0.4, 0.5) is 14.9 Å². The number of anilines is 1. The quantitative estimate of drug-likeness (QED) is 0.382. The van der Waals surface area contributed by atoms with E-state index in [0.717, 1.165) is 35.3 Å². The van der Waals surface area contributed by atoms with Crippen LogP contribution < -0.4 is 5.32 Å². The summed E-state index contributed by atoms with van der Waals surface area (Å²) < 4.78 is 19.2. The van der Waals surface area contributed by atoms with Gasteiger partial charge >= 0.3 is 6.03 Å². The lowest BCUT2D eigenvalue weighted by Crippen LogP contribution is -2.46. The average Bonchev–Trinajstić information content (AvgIpc) is 3.59. The second-order valence-corrected chi connectivity index (χ2v) is 9.99. The molecule has 1 atom stereocenters. The molecule has 0 saturated carbocycles. The third-order valence-electron chi connectivity index (χ3n) is 6.21. The topological polar surface area (TPSA) is 61.9 Å². The molecular weight excluding hydrogens is 477 g/mol. The van der Waals surface area contributed by atoms with Crippen molar-refractivity contribution in [3.8, 4) is 0 Å². The summed E-state index contributed by atoms with van der Waals surface area (Å²) in [5.74, 6) is -0.496. The van der Waals surface area contributed by atoms with Crippen LogP contribution in [0.2, 0.25) is 0 Å². The summed E-state index contributed by atoms with van der Waals surface area (Å²) in [7, 11) is 0. The fraction of sp³-hybridized carbons (Fsp3) is 0.357. The fourth-order valence-electron chi connectivity index (χ4n) is 4.22. The van der Waals surface area contributed by atoms with Gasteiger partial charge in [-0.1, -0.05) is 37.3 Å². The zero-order chi connectivity index (χ0) is 25.3. The maximum absolute atomic E-state index is 13.6. The Balaban J connectivity index is 1.51. The Morgan fingerprint density at radius 2 is 1.89 bits per heavy atom. The maximum Gasteiger partial charge on any atom is 0.322 e. The Labute approximate surface area is 215 Å². The van der Waals surface area contributed by atoms with Crippen LogP contribution in [0, 0.1) is 5.82 Å². The highest BCUT2D eigenvalue weighted by Crippen LogP contribution is 2.19. The molecule has 3 aromatic rings. The van der Waals surface area contributed by atoms with Gasteiger partial charge in [0.1, 0.15) is 12.4 Å². The number of hydrogen-bond acceptors (Lipinski definition) is 4. The smallest absolute Gasteiger partial charge is 0.322 e. The van der Waals surface area contributed by atoms with Gasteiger partial charge in [0, 0.05) is 30.3 Å². The highest BCUT2D eigenvalue weighted by Gasteiger charge is 2.27. The van der Waals surface area contributed by atoms with E-state index < -0.39 is 0 Å². The summed E-state index contributed by atoms with van der Waals surface area (Å²) >= 11 is 1.57. The van der Waals surface area contributed by atoms with Crippen LogP contribution in [0.15, 0.2) is 66.0 Å². The molecule has 8 heteroatoms. The van der Waals surface area contributed by atoms with E-state index in [-0.39, 0.29) is 30.4 Å². The lowest BCUT2D eigenvalue weighted by molar-refractivity contribution is -0.133. The molecule has 6 nitrogen and oxygen atoms in total. The number of aryl methyl sites for hydroxylation is 1. The van der Waals surface area contributed by atoms with Gasteiger partial charge in [-0.3, -0.25) is 4.79 Å². The molecule has 0 spiro atoms. The first-order valence-electron chi connectivity index (χ1n) is 12.3. The summed E-state index contributed by atoms with van der Waals surface area (Å²) in [6.07, 6.45) is 2.58. The predicted octanol–water partition coefficient (Wildman–Crippen LogP) is 5.69. The van der Waals surface area contributed by atoms with Crippen LogP contribution in [-0.2, 0) is 29.0 Å². The Hall–Kier alpha value is -3.23. The van der Waals surface area contributed by atoms with E-state index in [4.69, 9.17) is 4.74 Å². The SMILES string of the molecule is CCc1cccc(NC(=O)N(CC(=O)N(Cc2ccc(F)cc2)Cc2cccs2)C[C@H]2CCCO2)c1. The van der Waals surface area contributed by atoms with E-state index in [1.165, 1.54) is 12.1 Å². The van der Waals surface area contributed by atoms with Gasteiger partial charge in [-0.25, -0.2) is 9.18 Å². The first kappa shape index (κ1) is 25.9. The molecule has 1 saturated heterocycles. The molecule has 0 aliphatic carbocycles. The van der Waals surface area contributed by atoms with Gasteiger partial charge in [-0.15, -0.1) is 11.3 Å². The van der Waals surface area contributed by atoms with E-state index in [2.05, 4.69) is 12.2 Å². The number of urea groups is 1. The molecule has 1 aromatic heterocycles. The molecule has 0 radical (unpaired) electrons. The van der Waals surface area contributed by atoms with Gasteiger partial charge in [0.25, 0.3) is 0 Å². The second-order valence-electron chi connectivity index (χ2n) is 8.96. The molecule has 1 fully saturated rings. The first-order valence-corrected chi connectivity index (χ1v) is 13.2. The number of amides is 3. The minimum absolute atomic E-state index is 0.0776. The number of nitrogens with zero attached hydrogens (tertiary/aromatic N) is 2. The Morgan fingerprint density at radius 3 is 2.58 bits per heavy atom. The van der Waals surface area contributed by atoms with Crippen LogP contribution in [0.25, 0.3) is 0 Å². The summed E-state index contributed by atoms with van der Waals surface area (Å²) in [5.41, 5.74) is 2.65. The lowest BCUT2D eigenvalue weighted by Gasteiger charge is -2.29. The normalized spacial score (nSPS) is 15.0. The highest BCUT2D eigenvalue weighted by molar-refractivity contribution is 7.09. The summed E-state index contributed by atoms with van der Waals surface area (Å²) in [6, 6.07) is 17.5. The van der Waals surface area contributed by atoms with Crippen molar-refractivity contribution in [3.05, 3.63) is 87.9 Å². The van der Waals surface area contributed by atoms with Gasteiger partial charge in [-0.05, 0) is 66.1 Å². The largest absolute Gasteiger partial charge is 0.376 e. The minimum atomic E-state index is -0.329. The van der Waals surface area contributed by atoms with E-state index in [0.29, 0.717) is 31.9 Å². The second kappa shape index (κ2) is 12.6. The van der Waals surface area contributed by atoms with Crippen LogP contribution in [0.5, 0.6) is 0 Å². The van der Waals surface area contributed by atoms with Gasteiger partial charge < -0.3 is 19.9 Å². The third kappa shape index (κ3) is 7.38. The number of benzene rings is 2. The van der Waals surface area contributed by atoms with Gasteiger partial charge in [0.05, 0.1) is 12.6 Å². The minimum Gasteiger partial charge on any atom is -0.376 e. The molecule has 2 heterocycles. The molecule has 0 unspecified atom stereocenters. The van der Waals surface area contributed by atoms with Crippen molar-refractivity contribution >= 4 is 29.0 Å². The molecule has 0 bridgehead atoms. The third-order valence-corrected chi connectivity index (χ3v) is 7.08. The number of halogens is 1. The highest BCUT2D eigenvalue weighted by atomic mass is 32.1. The van der Waals surface area contributed by atoms with Crippen LogP contribution in [-0.4, -0.2) is 47.5 Å². The molecule has 4 rings (SSSR count). The number of carbonyl (C=O) groups is 2. The van der Waals surface area contributed by atoms with Crippen LogP contribution in [0.1, 0.15) is 35.8 Å². The molecular formula is C28H32FN3O3S. The number of thiophene rings is 1. The Bertz CT molecular complexity index is 1130. The number of nitrogens with one attached hydrogen (secondary N) is 1. The predicted molar refractivity (Wildman–Crippen MR) is 140 cm³/mol. The van der Waals surface area contributed by atoms with Crippen molar-refractivity contribution in [3.63, 3.8) is 0 Å². The van der Waals surface area contributed by atoms with Crippen molar-refractivity contribution in [2.45, 2.75) is 45.4 Å². The van der Waals surface area contributed by atoms with Crippen molar-refractivity contribution in [1.29, 1.82) is 0 Å². The molecule has 1 aliphatic heterocycles. The summed E-state index contributed by atoms with van der Waals surface area (Å²) in [4.78, 5) is 31.2. The summed E-state index contributed by atoms with van der Waals surface area (Å²) in [6.45, 7) is 3.74. The number of ether oxygens (including phenoxy) is 1. The van der Waals surface area contributed by atoms with Gasteiger partial charge in [0.2, 0.25) is 5.91 Å². The van der Waals surface area contributed by atoms with E-state index in [9.17, 15) is 14.0 Å². The zero-order valence-electron chi connectivity index (χ0n) is 20.5. The Kier molecular flexibility index (Phi) is 9.08. The molecule has 1 aliphatic rings. The first-order chi connectivity index (χ1) is 17.5. The van der Waals surface area contributed by atoms with E-state index in [1.807, 2.05) is 41.8 Å². The monoisotopic (exact) mass is 509 g/mol. The van der Waals surface area contributed by atoms with Gasteiger partial charge in [0.15, 0.2) is 0 Å². The standard InChI is InChI=1S/C28H32FN3O3S/c1-2-21-6-3-7-24(16-21)30-28(34)32(18-25-8-4-14-35-25)20-27(33)31(19-26-9-5-15-36-26)17-22-10-12-23(29)13-11-22/h3,5-7,9-13,15-16,25H,2,4,8,14,17-20H2,1H3,(H,30,34)/t25-/m1/s1. The Morgan fingerprint density at radius 1 is 1.06 bits per heavy atom. The van der Waals surface area contributed by atoms with E-state index >= 15 is 0 Å². The van der Waals surface area contributed by atoms with Crippen LogP contribution in [0.3, 0.4) is 0 Å². The number of hydrogen-bond donors (Lipinski definition) is 1.